The van der Waals surface area contributed by atoms with Gasteiger partial charge in [0.25, 0.3) is 0 Å². The summed E-state index contributed by atoms with van der Waals surface area (Å²) in [6, 6.07) is 5.15. The van der Waals surface area contributed by atoms with Crippen molar-refractivity contribution in [1.82, 2.24) is 0 Å². The summed E-state index contributed by atoms with van der Waals surface area (Å²) in [6.45, 7) is 0.651. The van der Waals surface area contributed by atoms with E-state index in [1.165, 1.54) is 12.8 Å². The number of ether oxygens (including phenoxy) is 1. The van der Waals surface area contributed by atoms with Crippen molar-refractivity contribution in [2.45, 2.75) is 31.7 Å². The van der Waals surface area contributed by atoms with Gasteiger partial charge in [-0.1, -0.05) is 12.8 Å². The highest BCUT2D eigenvalue weighted by Crippen LogP contribution is 2.31. The van der Waals surface area contributed by atoms with Gasteiger partial charge >= 0.3 is 5.97 Å². The van der Waals surface area contributed by atoms with Gasteiger partial charge in [-0.25, -0.2) is 4.79 Å². The molecule has 4 N–H and O–H groups in total. The fourth-order valence-corrected chi connectivity index (χ4v) is 2.83. The number of benzene rings is 1. The molecule has 0 aliphatic heterocycles. The lowest BCUT2D eigenvalue weighted by atomic mass is 9.84. The Labute approximate surface area is 119 Å². The zero-order valence-corrected chi connectivity index (χ0v) is 11.8. The molecule has 1 aliphatic carbocycles. The van der Waals surface area contributed by atoms with Crippen LogP contribution in [0, 0.1) is 5.92 Å². The van der Waals surface area contributed by atoms with Crippen LogP contribution in [-0.4, -0.2) is 30.8 Å². The second-order valence-electron chi connectivity index (χ2n) is 5.25. The molecule has 0 amide bonds. The third-order valence-electron chi connectivity index (χ3n) is 4.00. The van der Waals surface area contributed by atoms with Crippen LogP contribution in [0.25, 0.3) is 0 Å². The number of nitrogens with two attached hydrogens (primary N) is 1. The van der Waals surface area contributed by atoms with E-state index < -0.39 is 5.97 Å². The summed E-state index contributed by atoms with van der Waals surface area (Å²) in [4.78, 5) is 11.1. The molecule has 1 aliphatic rings. The molecular weight excluding hydrogens is 256 g/mol. The van der Waals surface area contributed by atoms with E-state index in [9.17, 15) is 4.79 Å². The van der Waals surface area contributed by atoms with E-state index in [0.29, 0.717) is 18.2 Å². The Morgan fingerprint density at radius 3 is 2.85 bits per heavy atom. The van der Waals surface area contributed by atoms with E-state index in [0.717, 1.165) is 18.5 Å². The van der Waals surface area contributed by atoms with Gasteiger partial charge in [0.1, 0.15) is 5.75 Å². The Morgan fingerprint density at radius 1 is 1.45 bits per heavy atom. The number of hydrogen-bond donors (Lipinski definition) is 3. The first-order valence-electron chi connectivity index (χ1n) is 7.03. The topological polar surface area (TPSA) is 84.6 Å². The number of carboxylic acids is 1. The molecule has 1 fully saturated rings. The average Bonchev–Trinajstić information content (AvgIpc) is 2.47. The fraction of sp³-hybridized carbons (Fsp3) is 0.533. The van der Waals surface area contributed by atoms with Gasteiger partial charge in [-0.05, 0) is 43.5 Å². The summed E-state index contributed by atoms with van der Waals surface area (Å²) in [6.07, 6.45) is 4.57. The average molecular weight is 278 g/mol. The molecule has 1 aromatic rings. The largest absolute Gasteiger partial charge is 0.495 e. The van der Waals surface area contributed by atoms with Crippen LogP contribution >= 0.6 is 0 Å². The fourth-order valence-electron chi connectivity index (χ4n) is 2.83. The maximum absolute atomic E-state index is 11.1. The highest BCUT2D eigenvalue weighted by atomic mass is 16.5. The van der Waals surface area contributed by atoms with Crippen molar-refractivity contribution < 1.29 is 14.6 Å². The van der Waals surface area contributed by atoms with Crippen LogP contribution in [0.3, 0.4) is 0 Å². The normalized spacial score (nSPS) is 22.3. The highest BCUT2D eigenvalue weighted by molar-refractivity contribution is 5.89. The van der Waals surface area contributed by atoms with Crippen LogP contribution in [0.1, 0.15) is 36.0 Å². The van der Waals surface area contributed by atoms with E-state index in [2.05, 4.69) is 5.32 Å². The highest BCUT2D eigenvalue weighted by Gasteiger charge is 2.24. The second kappa shape index (κ2) is 6.61. The van der Waals surface area contributed by atoms with Gasteiger partial charge in [-0.3, -0.25) is 0 Å². The third-order valence-corrected chi connectivity index (χ3v) is 4.00. The molecule has 5 nitrogen and oxygen atoms in total. The smallest absolute Gasteiger partial charge is 0.335 e. The summed E-state index contributed by atoms with van der Waals surface area (Å²) >= 11 is 0. The summed E-state index contributed by atoms with van der Waals surface area (Å²) in [5.41, 5.74) is 6.82. The Morgan fingerprint density at radius 2 is 2.20 bits per heavy atom. The quantitative estimate of drug-likeness (QED) is 0.769. The first-order chi connectivity index (χ1) is 9.65. The van der Waals surface area contributed by atoms with Gasteiger partial charge in [0.05, 0.1) is 18.4 Å². The van der Waals surface area contributed by atoms with Crippen molar-refractivity contribution in [2.24, 2.45) is 11.7 Å². The maximum Gasteiger partial charge on any atom is 0.335 e. The predicted molar refractivity (Wildman–Crippen MR) is 78.4 cm³/mol. The lowest BCUT2D eigenvalue weighted by Crippen LogP contribution is -2.36. The Kier molecular flexibility index (Phi) is 4.84. The standard InChI is InChI=1S/C15H22N2O3/c1-20-14-7-6-10(15(18)19)8-13(14)17-12-5-3-2-4-11(12)9-16/h6-8,11-12,17H,2-5,9,16H2,1H3,(H,18,19). The van der Waals surface area contributed by atoms with Gasteiger partial charge in [-0.2, -0.15) is 0 Å². The van der Waals surface area contributed by atoms with E-state index in [4.69, 9.17) is 15.6 Å². The minimum atomic E-state index is -0.935. The van der Waals surface area contributed by atoms with Crippen molar-refractivity contribution in [3.8, 4) is 5.75 Å². The summed E-state index contributed by atoms with van der Waals surface area (Å²) < 4.78 is 5.30. The molecule has 20 heavy (non-hydrogen) atoms. The van der Waals surface area contributed by atoms with E-state index in [1.807, 2.05) is 0 Å². The summed E-state index contributed by atoms with van der Waals surface area (Å²) in [5, 5.41) is 12.5. The van der Waals surface area contributed by atoms with Crippen LogP contribution in [0.4, 0.5) is 5.69 Å². The van der Waals surface area contributed by atoms with Crippen molar-refractivity contribution in [3.05, 3.63) is 23.8 Å². The Hall–Kier alpha value is -1.75. The molecular formula is C15H22N2O3. The Balaban J connectivity index is 2.21. The van der Waals surface area contributed by atoms with Crippen molar-refractivity contribution >= 4 is 11.7 Å². The lowest BCUT2D eigenvalue weighted by Gasteiger charge is -2.32. The number of nitrogens with one attached hydrogen (secondary N) is 1. The molecule has 2 unspecified atom stereocenters. The van der Waals surface area contributed by atoms with Gasteiger partial charge in [0, 0.05) is 6.04 Å². The summed E-state index contributed by atoms with van der Waals surface area (Å²) in [5.74, 6) is 0.160. The number of hydrogen-bond acceptors (Lipinski definition) is 4. The molecule has 0 aromatic heterocycles. The monoisotopic (exact) mass is 278 g/mol. The minimum Gasteiger partial charge on any atom is -0.495 e. The van der Waals surface area contributed by atoms with E-state index in [1.54, 1.807) is 25.3 Å². The number of carbonyl (C=O) groups is 1. The molecule has 0 radical (unpaired) electrons. The van der Waals surface area contributed by atoms with Crippen molar-refractivity contribution in [2.75, 3.05) is 19.0 Å². The number of carboxylic acid groups (broad SMARTS) is 1. The molecule has 0 spiro atoms. The first kappa shape index (κ1) is 14.7. The first-order valence-corrected chi connectivity index (χ1v) is 7.03. The zero-order chi connectivity index (χ0) is 14.5. The van der Waals surface area contributed by atoms with Crippen molar-refractivity contribution in [3.63, 3.8) is 0 Å². The van der Waals surface area contributed by atoms with Gasteiger partial charge in [-0.15, -0.1) is 0 Å². The lowest BCUT2D eigenvalue weighted by molar-refractivity contribution is 0.0697. The molecule has 0 heterocycles. The number of anilines is 1. The summed E-state index contributed by atoms with van der Waals surface area (Å²) in [7, 11) is 1.59. The number of methoxy groups -OCH3 is 1. The number of rotatable bonds is 5. The molecule has 0 bridgehead atoms. The molecule has 1 aromatic carbocycles. The van der Waals surface area contributed by atoms with Crippen LogP contribution in [0.15, 0.2) is 18.2 Å². The molecule has 0 saturated heterocycles. The second-order valence-corrected chi connectivity index (χ2v) is 5.25. The third kappa shape index (κ3) is 3.22. The van der Waals surface area contributed by atoms with Crippen LogP contribution in [0.2, 0.25) is 0 Å². The molecule has 5 heteroatoms. The number of aromatic carboxylic acids is 1. The van der Waals surface area contributed by atoms with Crippen LogP contribution in [-0.2, 0) is 0 Å². The minimum absolute atomic E-state index is 0.258. The van der Waals surface area contributed by atoms with Gasteiger partial charge in [0.2, 0.25) is 0 Å². The Bertz CT molecular complexity index is 476. The molecule has 1 saturated carbocycles. The molecule has 2 atom stereocenters. The maximum atomic E-state index is 11.1. The SMILES string of the molecule is COc1ccc(C(=O)O)cc1NC1CCCCC1CN. The van der Waals surface area contributed by atoms with E-state index in [-0.39, 0.29) is 11.6 Å². The zero-order valence-electron chi connectivity index (χ0n) is 11.8. The predicted octanol–water partition coefficient (Wildman–Crippen LogP) is 2.32. The van der Waals surface area contributed by atoms with Crippen LogP contribution in [0.5, 0.6) is 5.75 Å². The van der Waals surface area contributed by atoms with Gasteiger partial charge < -0.3 is 20.9 Å². The van der Waals surface area contributed by atoms with E-state index >= 15 is 0 Å². The van der Waals surface area contributed by atoms with Crippen LogP contribution < -0.4 is 15.8 Å². The molecule has 2 rings (SSSR count). The van der Waals surface area contributed by atoms with Crippen molar-refractivity contribution in [1.29, 1.82) is 0 Å². The molecule has 110 valence electrons. The van der Waals surface area contributed by atoms with Gasteiger partial charge in [0.15, 0.2) is 0 Å².